The van der Waals surface area contributed by atoms with Crippen molar-refractivity contribution in [3.8, 4) is 0 Å². The number of nitrogens with one attached hydrogen (secondary N) is 2. The fourth-order valence-corrected chi connectivity index (χ4v) is 2.04. The first-order valence-corrected chi connectivity index (χ1v) is 6.03. The Labute approximate surface area is 112 Å². The zero-order valence-electron chi connectivity index (χ0n) is 10.9. The lowest BCUT2D eigenvalue weighted by molar-refractivity contribution is -0.124. The van der Waals surface area contributed by atoms with Crippen LogP contribution in [-0.2, 0) is 9.59 Å². The summed E-state index contributed by atoms with van der Waals surface area (Å²) >= 11 is 6.09. The molecule has 0 radical (unpaired) electrons. The molecule has 0 aromatic heterocycles. The van der Waals surface area contributed by atoms with Gasteiger partial charge in [0, 0.05) is 6.92 Å². The van der Waals surface area contributed by atoms with Gasteiger partial charge in [-0.05, 0) is 38.0 Å². The number of carbonyl (C=O) groups is 2. The van der Waals surface area contributed by atoms with Gasteiger partial charge in [0.1, 0.15) is 6.04 Å². The average Bonchev–Trinajstić information content (AvgIpc) is 2.21. The zero-order valence-corrected chi connectivity index (χ0v) is 11.7. The van der Waals surface area contributed by atoms with Gasteiger partial charge in [0.2, 0.25) is 11.8 Å². The first kappa shape index (κ1) is 14.5. The van der Waals surface area contributed by atoms with Gasteiger partial charge in [-0.25, -0.2) is 0 Å². The van der Waals surface area contributed by atoms with Crippen LogP contribution in [0.3, 0.4) is 0 Å². The molecule has 0 aliphatic heterocycles. The van der Waals surface area contributed by atoms with Crippen molar-refractivity contribution in [3.63, 3.8) is 0 Å². The van der Waals surface area contributed by atoms with Gasteiger partial charge >= 0.3 is 0 Å². The summed E-state index contributed by atoms with van der Waals surface area (Å²) in [5, 5.41) is 5.74. The summed E-state index contributed by atoms with van der Waals surface area (Å²) in [7, 11) is 0. The van der Waals surface area contributed by atoms with Gasteiger partial charge in [0.15, 0.2) is 0 Å². The number of carbonyl (C=O) groups excluding carboxylic acids is 2. The standard InChI is InChI=1S/C13H17ClN2O2/c1-7-5-8(2)12(11(14)6-7)16-13(18)9(3)15-10(4)17/h5-6,9H,1-4H3,(H,15,17)(H,16,18)/t9-/m1/s1. The van der Waals surface area contributed by atoms with E-state index in [1.54, 1.807) is 13.0 Å². The molecule has 0 unspecified atom stereocenters. The van der Waals surface area contributed by atoms with Crippen LogP contribution in [0.5, 0.6) is 0 Å². The summed E-state index contributed by atoms with van der Waals surface area (Å²) in [6.45, 7) is 6.80. The van der Waals surface area contributed by atoms with E-state index < -0.39 is 6.04 Å². The highest BCUT2D eigenvalue weighted by Crippen LogP contribution is 2.27. The number of aryl methyl sites for hydroxylation is 2. The molecule has 4 nitrogen and oxygen atoms in total. The molecule has 0 fully saturated rings. The SMILES string of the molecule is CC(=O)N[C@H](C)C(=O)Nc1c(C)cc(C)cc1Cl. The quantitative estimate of drug-likeness (QED) is 0.885. The fourth-order valence-electron chi connectivity index (χ4n) is 1.68. The van der Waals surface area contributed by atoms with Crippen molar-refractivity contribution in [2.24, 2.45) is 0 Å². The normalized spacial score (nSPS) is 11.8. The number of benzene rings is 1. The lowest BCUT2D eigenvalue weighted by atomic mass is 10.1. The maximum absolute atomic E-state index is 11.9. The predicted octanol–water partition coefficient (Wildman–Crippen LogP) is 2.42. The topological polar surface area (TPSA) is 58.2 Å². The van der Waals surface area contributed by atoms with E-state index in [0.717, 1.165) is 11.1 Å². The van der Waals surface area contributed by atoms with E-state index in [1.807, 2.05) is 19.9 Å². The van der Waals surface area contributed by atoms with Gasteiger partial charge in [-0.15, -0.1) is 0 Å². The van der Waals surface area contributed by atoms with Crippen LogP contribution in [0.1, 0.15) is 25.0 Å². The number of hydrogen-bond acceptors (Lipinski definition) is 2. The molecule has 1 aromatic carbocycles. The second-order valence-corrected chi connectivity index (χ2v) is 4.76. The summed E-state index contributed by atoms with van der Waals surface area (Å²) in [5.74, 6) is -0.538. The molecule has 2 N–H and O–H groups in total. The van der Waals surface area contributed by atoms with Crippen molar-refractivity contribution < 1.29 is 9.59 Å². The molecule has 1 atom stereocenters. The molecule has 5 heteroatoms. The highest BCUT2D eigenvalue weighted by atomic mass is 35.5. The van der Waals surface area contributed by atoms with Gasteiger partial charge in [0.05, 0.1) is 10.7 Å². The van der Waals surface area contributed by atoms with Crippen LogP contribution >= 0.6 is 11.6 Å². The van der Waals surface area contributed by atoms with Crippen LogP contribution in [0.15, 0.2) is 12.1 Å². The molecule has 0 bridgehead atoms. The van der Waals surface area contributed by atoms with Crippen molar-refractivity contribution in [2.45, 2.75) is 33.7 Å². The van der Waals surface area contributed by atoms with Crippen molar-refractivity contribution in [1.29, 1.82) is 0 Å². The molecule has 1 rings (SSSR count). The van der Waals surface area contributed by atoms with Gasteiger partial charge in [-0.1, -0.05) is 17.7 Å². The van der Waals surface area contributed by atoms with Crippen molar-refractivity contribution >= 4 is 29.1 Å². The Kier molecular flexibility index (Phi) is 4.73. The van der Waals surface area contributed by atoms with Crippen molar-refractivity contribution in [2.75, 3.05) is 5.32 Å². The lowest BCUT2D eigenvalue weighted by Gasteiger charge is -2.15. The third kappa shape index (κ3) is 3.74. The minimum Gasteiger partial charge on any atom is -0.345 e. The van der Waals surface area contributed by atoms with E-state index in [9.17, 15) is 9.59 Å². The minimum absolute atomic E-state index is 0.246. The van der Waals surface area contributed by atoms with E-state index in [1.165, 1.54) is 6.92 Å². The zero-order chi connectivity index (χ0) is 13.9. The Morgan fingerprint density at radius 2 is 1.89 bits per heavy atom. The number of hydrogen-bond donors (Lipinski definition) is 2. The highest BCUT2D eigenvalue weighted by molar-refractivity contribution is 6.34. The van der Waals surface area contributed by atoms with E-state index in [2.05, 4.69) is 10.6 Å². The van der Waals surface area contributed by atoms with Gasteiger partial charge in [0.25, 0.3) is 0 Å². The van der Waals surface area contributed by atoms with Gasteiger partial charge in [-0.3, -0.25) is 9.59 Å². The van der Waals surface area contributed by atoms with Crippen LogP contribution < -0.4 is 10.6 Å². The van der Waals surface area contributed by atoms with E-state index in [-0.39, 0.29) is 11.8 Å². The summed E-state index contributed by atoms with van der Waals surface area (Å²) < 4.78 is 0. The van der Waals surface area contributed by atoms with E-state index in [4.69, 9.17) is 11.6 Å². The Balaban J connectivity index is 2.85. The molecule has 2 amide bonds. The Hall–Kier alpha value is -1.55. The number of halogens is 1. The largest absolute Gasteiger partial charge is 0.345 e. The summed E-state index contributed by atoms with van der Waals surface area (Å²) in [6, 6.07) is 3.12. The molecule has 0 spiro atoms. The first-order chi connectivity index (χ1) is 8.31. The van der Waals surface area contributed by atoms with Crippen LogP contribution in [0, 0.1) is 13.8 Å². The minimum atomic E-state index is -0.598. The Morgan fingerprint density at radius 3 is 2.39 bits per heavy atom. The molecule has 0 saturated carbocycles. The van der Waals surface area contributed by atoms with Crippen molar-refractivity contribution in [3.05, 3.63) is 28.3 Å². The monoisotopic (exact) mass is 268 g/mol. The molecule has 18 heavy (non-hydrogen) atoms. The van der Waals surface area contributed by atoms with Crippen molar-refractivity contribution in [1.82, 2.24) is 5.32 Å². The van der Waals surface area contributed by atoms with Crippen LogP contribution in [-0.4, -0.2) is 17.9 Å². The molecular weight excluding hydrogens is 252 g/mol. The fraction of sp³-hybridized carbons (Fsp3) is 0.385. The van der Waals surface area contributed by atoms with E-state index in [0.29, 0.717) is 10.7 Å². The molecule has 0 aliphatic rings. The maximum Gasteiger partial charge on any atom is 0.246 e. The average molecular weight is 269 g/mol. The predicted molar refractivity (Wildman–Crippen MR) is 72.8 cm³/mol. The highest BCUT2D eigenvalue weighted by Gasteiger charge is 2.16. The third-order valence-electron chi connectivity index (χ3n) is 2.49. The third-order valence-corrected chi connectivity index (χ3v) is 2.79. The number of anilines is 1. The summed E-state index contributed by atoms with van der Waals surface area (Å²) in [6.07, 6.45) is 0. The molecule has 0 aliphatic carbocycles. The van der Waals surface area contributed by atoms with Gasteiger partial charge in [-0.2, -0.15) is 0 Å². The van der Waals surface area contributed by atoms with Crippen LogP contribution in [0.2, 0.25) is 5.02 Å². The van der Waals surface area contributed by atoms with Crippen LogP contribution in [0.25, 0.3) is 0 Å². The Morgan fingerprint density at radius 1 is 1.28 bits per heavy atom. The molecule has 0 heterocycles. The van der Waals surface area contributed by atoms with Gasteiger partial charge < -0.3 is 10.6 Å². The lowest BCUT2D eigenvalue weighted by Crippen LogP contribution is -2.40. The molecule has 98 valence electrons. The second kappa shape index (κ2) is 5.87. The second-order valence-electron chi connectivity index (χ2n) is 4.35. The summed E-state index contributed by atoms with van der Waals surface area (Å²) in [5.41, 5.74) is 2.51. The molecule has 0 saturated heterocycles. The Bertz CT molecular complexity index is 463. The number of rotatable bonds is 3. The summed E-state index contributed by atoms with van der Waals surface area (Å²) in [4.78, 5) is 22.7. The maximum atomic E-state index is 11.9. The number of amides is 2. The van der Waals surface area contributed by atoms with E-state index >= 15 is 0 Å². The van der Waals surface area contributed by atoms with Crippen LogP contribution in [0.4, 0.5) is 5.69 Å². The molecule has 1 aromatic rings. The first-order valence-electron chi connectivity index (χ1n) is 5.66. The smallest absolute Gasteiger partial charge is 0.246 e. The molecular formula is C13H17ClN2O2.